The minimum Gasteiger partial charge on any atom is -0.0619 e. The molecule has 0 fully saturated rings. The van der Waals surface area contributed by atoms with Gasteiger partial charge in [0.15, 0.2) is 0 Å². The van der Waals surface area contributed by atoms with Gasteiger partial charge in [0.2, 0.25) is 0 Å². The van der Waals surface area contributed by atoms with Gasteiger partial charge < -0.3 is 0 Å². The third kappa shape index (κ3) is 1.96. The zero-order chi connectivity index (χ0) is 20.7. The fourth-order valence-corrected chi connectivity index (χ4v) is 4.07. The molecule has 0 aromatic heterocycles. The third-order valence-corrected chi connectivity index (χ3v) is 5.35. The van der Waals surface area contributed by atoms with Crippen LogP contribution in [0.2, 0.25) is 0 Å². The SMILES string of the molecule is [3H]C1([3H])c2ccccc2-c2ccc(-c3ccc4c(c3)C([3H])([3H])c3ccccc3-4)cc21. The number of fused-ring (bicyclic) bond motifs is 6. The molecule has 0 unspecified atom stereocenters. The summed E-state index contributed by atoms with van der Waals surface area (Å²) in [5.74, 6) is 0. The maximum atomic E-state index is 8.69. The van der Waals surface area contributed by atoms with E-state index in [9.17, 15) is 0 Å². The molecular formula is C26H18. The fourth-order valence-electron chi connectivity index (χ4n) is 4.07. The Bertz CT molecular complexity index is 1250. The average Bonchev–Trinajstić information content (AvgIpc) is 3.14. The largest absolute Gasteiger partial charge is 0.0619 e. The predicted octanol–water partition coefficient (Wildman–Crippen LogP) is 6.50. The molecule has 0 atom stereocenters. The second kappa shape index (κ2) is 5.19. The van der Waals surface area contributed by atoms with E-state index in [2.05, 4.69) is 0 Å². The van der Waals surface area contributed by atoms with Crippen molar-refractivity contribution in [3.63, 3.8) is 0 Å². The van der Waals surface area contributed by atoms with Crippen LogP contribution in [0.3, 0.4) is 0 Å². The van der Waals surface area contributed by atoms with Gasteiger partial charge in [-0.25, -0.2) is 0 Å². The van der Waals surface area contributed by atoms with Gasteiger partial charge in [-0.15, -0.1) is 0 Å². The molecule has 0 heterocycles. The molecule has 4 aromatic carbocycles. The Balaban J connectivity index is 1.51. The highest BCUT2D eigenvalue weighted by molar-refractivity contribution is 5.83. The summed E-state index contributed by atoms with van der Waals surface area (Å²) in [5, 5.41) is 0. The van der Waals surface area contributed by atoms with Crippen molar-refractivity contribution in [1.82, 2.24) is 0 Å². The summed E-state index contributed by atoms with van der Waals surface area (Å²) in [4.78, 5) is 0. The van der Waals surface area contributed by atoms with E-state index >= 15 is 0 Å². The molecule has 2 aliphatic carbocycles. The van der Waals surface area contributed by atoms with Gasteiger partial charge in [-0.05, 0) is 68.4 Å². The predicted molar refractivity (Wildman–Crippen MR) is 108 cm³/mol. The van der Waals surface area contributed by atoms with Crippen molar-refractivity contribution in [3.8, 4) is 33.4 Å². The number of hydrogen-bond donors (Lipinski definition) is 0. The molecule has 4 aromatic rings. The van der Waals surface area contributed by atoms with Crippen LogP contribution >= 0.6 is 0 Å². The normalized spacial score (nSPS) is 19.2. The van der Waals surface area contributed by atoms with E-state index < -0.39 is 12.7 Å². The van der Waals surface area contributed by atoms with E-state index in [1.54, 1.807) is 0 Å². The van der Waals surface area contributed by atoms with Crippen LogP contribution in [0.25, 0.3) is 33.4 Å². The Labute approximate surface area is 159 Å². The van der Waals surface area contributed by atoms with Crippen molar-refractivity contribution < 1.29 is 5.48 Å². The quantitative estimate of drug-likeness (QED) is 0.372. The average molecular weight is 338 g/mol. The highest BCUT2D eigenvalue weighted by Crippen LogP contribution is 2.41. The Morgan fingerprint density at radius 2 is 0.885 bits per heavy atom. The zero-order valence-electron chi connectivity index (χ0n) is 18.1. The van der Waals surface area contributed by atoms with Crippen LogP contribution in [0.4, 0.5) is 0 Å². The van der Waals surface area contributed by atoms with Gasteiger partial charge in [0.25, 0.3) is 0 Å². The van der Waals surface area contributed by atoms with E-state index in [4.69, 9.17) is 5.48 Å². The number of rotatable bonds is 1. The summed E-state index contributed by atoms with van der Waals surface area (Å²) >= 11 is 0. The summed E-state index contributed by atoms with van der Waals surface area (Å²) in [6, 6.07) is 27.2. The molecule has 6 rings (SSSR count). The lowest BCUT2D eigenvalue weighted by Gasteiger charge is -2.08. The van der Waals surface area contributed by atoms with Gasteiger partial charge in [0, 0.05) is 5.48 Å². The van der Waals surface area contributed by atoms with Crippen LogP contribution in [0.1, 0.15) is 27.7 Å². The molecular weight excluding hydrogens is 312 g/mol. The third-order valence-electron chi connectivity index (χ3n) is 5.35. The molecule has 0 spiro atoms. The van der Waals surface area contributed by atoms with Crippen LogP contribution in [0.15, 0.2) is 84.9 Å². The van der Waals surface area contributed by atoms with Gasteiger partial charge in [-0.2, -0.15) is 0 Å². The summed E-state index contributed by atoms with van der Waals surface area (Å²) in [6.45, 7) is 0. The first-order chi connectivity index (χ1) is 14.4. The molecule has 0 bridgehead atoms. The first-order valence-corrected chi connectivity index (χ1v) is 8.88. The summed E-state index contributed by atoms with van der Waals surface area (Å²) in [5.41, 5.74) is 8.33. The molecule has 0 saturated heterocycles. The van der Waals surface area contributed by atoms with Crippen molar-refractivity contribution in [2.45, 2.75) is 12.7 Å². The molecule has 0 radical (unpaired) electrons. The second-order valence-electron chi connectivity index (χ2n) is 6.86. The van der Waals surface area contributed by atoms with E-state index in [0.29, 0.717) is 22.3 Å². The number of benzene rings is 4. The van der Waals surface area contributed by atoms with E-state index in [1.165, 1.54) is 0 Å². The zero-order valence-corrected chi connectivity index (χ0v) is 14.1. The minimum absolute atomic E-state index is 0.674. The lowest BCUT2D eigenvalue weighted by atomic mass is 9.96. The minimum atomic E-state index is -1.54. The molecule has 122 valence electrons. The van der Waals surface area contributed by atoms with Crippen LogP contribution in [-0.4, -0.2) is 0 Å². The van der Waals surface area contributed by atoms with Crippen molar-refractivity contribution >= 4 is 0 Å². The molecule has 0 amide bonds. The highest BCUT2D eigenvalue weighted by atomic mass is 14.2. The van der Waals surface area contributed by atoms with Crippen molar-refractivity contribution in [1.29, 1.82) is 0 Å². The molecule has 0 saturated carbocycles. The molecule has 2 aliphatic rings. The van der Waals surface area contributed by atoms with Gasteiger partial charge in [-0.3, -0.25) is 0 Å². The monoisotopic (exact) mass is 338 g/mol. The first-order valence-electron chi connectivity index (χ1n) is 10.9. The van der Waals surface area contributed by atoms with E-state index in [0.717, 1.165) is 33.4 Å². The topological polar surface area (TPSA) is 0 Å². The van der Waals surface area contributed by atoms with E-state index in [-0.39, 0.29) is 0 Å². The lowest BCUT2D eigenvalue weighted by Crippen LogP contribution is -1.86. The van der Waals surface area contributed by atoms with Crippen LogP contribution in [-0.2, 0) is 12.7 Å². The number of hydrogen-bond acceptors (Lipinski definition) is 0. The molecule has 0 heteroatoms. The van der Waals surface area contributed by atoms with Crippen LogP contribution in [0, 0.1) is 0 Å². The van der Waals surface area contributed by atoms with Gasteiger partial charge in [0.1, 0.15) is 0 Å². The molecule has 0 aliphatic heterocycles. The summed E-state index contributed by atoms with van der Waals surface area (Å²) in [7, 11) is 0. The van der Waals surface area contributed by atoms with Crippen LogP contribution in [0.5, 0.6) is 0 Å². The van der Waals surface area contributed by atoms with E-state index in [1.807, 2.05) is 84.9 Å². The van der Waals surface area contributed by atoms with Crippen molar-refractivity contribution in [3.05, 3.63) is 107 Å². The maximum Gasteiger partial charge on any atom is 0.0366 e. The summed E-state index contributed by atoms with van der Waals surface area (Å²) < 4.78 is 34.8. The Kier molecular flexibility index (Phi) is 2.15. The summed E-state index contributed by atoms with van der Waals surface area (Å²) in [6.07, 6.45) is -3.08. The molecule has 26 heavy (non-hydrogen) atoms. The highest BCUT2D eigenvalue weighted by Gasteiger charge is 2.20. The standard InChI is InChI=1S/C26H18/c1-3-7-23-19(5-1)15-21-13-17(9-11-25(21)23)18-10-12-26-22(14-18)16-20-6-2-4-8-24(20)26/h1-14H,15-16H2/i15T2,16T2. The molecule has 0 nitrogen and oxygen atoms in total. The maximum absolute atomic E-state index is 8.69. The smallest absolute Gasteiger partial charge is 0.0366 e. The van der Waals surface area contributed by atoms with Gasteiger partial charge in [-0.1, -0.05) is 84.9 Å². The van der Waals surface area contributed by atoms with Crippen LogP contribution < -0.4 is 0 Å². The first kappa shape index (κ1) is 10.8. The lowest BCUT2D eigenvalue weighted by molar-refractivity contribution is 1.26. The van der Waals surface area contributed by atoms with Crippen molar-refractivity contribution in [2.75, 3.05) is 0 Å². The van der Waals surface area contributed by atoms with Gasteiger partial charge >= 0.3 is 0 Å². The molecule has 0 N–H and O–H groups in total. The van der Waals surface area contributed by atoms with Gasteiger partial charge in [0.05, 0.1) is 0 Å². The Morgan fingerprint density at radius 1 is 0.462 bits per heavy atom. The van der Waals surface area contributed by atoms with Crippen molar-refractivity contribution in [2.24, 2.45) is 0 Å². The fraction of sp³-hybridized carbons (Fsp3) is 0.0769. The second-order valence-corrected chi connectivity index (χ2v) is 6.86. The Morgan fingerprint density at radius 3 is 1.38 bits per heavy atom. The Hall–Kier alpha value is -3.12.